The van der Waals surface area contributed by atoms with Crippen molar-refractivity contribution in [2.75, 3.05) is 18.8 Å². The van der Waals surface area contributed by atoms with Crippen molar-refractivity contribution in [2.24, 2.45) is 0 Å². The van der Waals surface area contributed by atoms with E-state index in [2.05, 4.69) is 16.8 Å². The van der Waals surface area contributed by atoms with E-state index in [9.17, 15) is 13.2 Å². The fourth-order valence-electron chi connectivity index (χ4n) is 4.58. The van der Waals surface area contributed by atoms with E-state index in [1.54, 1.807) is 6.07 Å². The van der Waals surface area contributed by atoms with E-state index < -0.39 is 9.84 Å². The molecule has 3 rings (SSSR count). The van der Waals surface area contributed by atoms with Gasteiger partial charge in [0.1, 0.15) is 4.21 Å². The van der Waals surface area contributed by atoms with Crippen molar-refractivity contribution < 1.29 is 8.42 Å². The van der Waals surface area contributed by atoms with E-state index in [1.807, 2.05) is 26.0 Å². The second-order valence-corrected chi connectivity index (χ2v) is 12.0. The Kier molecular flexibility index (Phi) is 10.5. The van der Waals surface area contributed by atoms with Gasteiger partial charge in [-0.3, -0.25) is 4.79 Å². The Morgan fingerprint density at radius 2 is 1.91 bits per heavy atom. The number of H-pyrrole nitrogens is 1. The maximum Gasteiger partial charge on any atom is 0.251 e. The molecule has 0 radical (unpaired) electrons. The lowest BCUT2D eigenvalue weighted by atomic mass is 10.1. The number of hydrogen-bond donors (Lipinski definition) is 1. The molecule has 1 unspecified atom stereocenters. The SMILES string of the molecule is CCc1cc(-c2ccc(S(=O)(=O)CCCCCCC3CCCN3CC)s2)c(C)[nH]c1=O.Cl. The molecule has 3 heterocycles. The first-order valence-electron chi connectivity index (χ1n) is 11.7. The predicted octanol–water partition coefficient (Wildman–Crippen LogP) is 5.60. The molecule has 0 bridgehead atoms. The number of rotatable bonds is 11. The van der Waals surface area contributed by atoms with Crippen LogP contribution >= 0.6 is 23.7 Å². The molecule has 1 N–H and O–H groups in total. The number of sulfone groups is 1. The van der Waals surface area contributed by atoms with Crippen LogP contribution in [0, 0.1) is 6.92 Å². The zero-order chi connectivity index (χ0) is 22.4. The molecule has 0 amide bonds. The van der Waals surface area contributed by atoms with E-state index >= 15 is 0 Å². The molecule has 1 aliphatic heterocycles. The van der Waals surface area contributed by atoms with Crippen LogP contribution in [0.25, 0.3) is 10.4 Å². The van der Waals surface area contributed by atoms with Crippen molar-refractivity contribution >= 4 is 33.6 Å². The van der Waals surface area contributed by atoms with Gasteiger partial charge in [-0.15, -0.1) is 23.7 Å². The highest BCUT2D eigenvalue weighted by Crippen LogP contribution is 2.33. The highest BCUT2D eigenvalue weighted by molar-refractivity contribution is 7.93. The minimum Gasteiger partial charge on any atom is -0.326 e. The van der Waals surface area contributed by atoms with Gasteiger partial charge in [0.2, 0.25) is 0 Å². The zero-order valence-corrected chi connectivity index (χ0v) is 21.9. The summed E-state index contributed by atoms with van der Waals surface area (Å²) >= 11 is 1.30. The molecule has 1 fully saturated rings. The van der Waals surface area contributed by atoms with E-state index in [0.29, 0.717) is 10.6 Å². The third kappa shape index (κ3) is 6.69. The number of pyridine rings is 1. The molecule has 0 aliphatic carbocycles. The van der Waals surface area contributed by atoms with Crippen molar-refractivity contribution in [3.8, 4) is 10.4 Å². The first-order chi connectivity index (χ1) is 14.9. The second kappa shape index (κ2) is 12.4. The summed E-state index contributed by atoms with van der Waals surface area (Å²) < 4.78 is 26.0. The van der Waals surface area contributed by atoms with Crippen LogP contribution in [0.1, 0.15) is 70.1 Å². The molecular weight excluding hydrogens is 464 g/mol. The van der Waals surface area contributed by atoms with Gasteiger partial charge in [-0.1, -0.05) is 33.1 Å². The van der Waals surface area contributed by atoms with Crippen molar-refractivity contribution in [1.82, 2.24) is 9.88 Å². The zero-order valence-electron chi connectivity index (χ0n) is 19.5. The number of aromatic amines is 1. The van der Waals surface area contributed by atoms with Crippen LogP contribution in [0.15, 0.2) is 27.2 Å². The summed E-state index contributed by atoms with van der Waals surface area (Å²) in [4.78, 5) is 18.3. The Labute approximate surface area is 203 Å². The maximum atomic E-state index is 12.8. The molecular formula is C24H37ClN2O3S2. The normalized spacial score (nSPS) is 16.9. The summed E-state index contributed by atoms with van der Waals surface area (Å²) in [5.74, 6) is 0.211. The Hall–Kier alpha value is -1.15. The van der Waals surface area contributed by atoms with Crippen LogP contribution in [0.3, 0.4) is 0 Å². The summed E-state index contributed by atoms with van der Waals surface area (Å²) in [6.07, 6.45) is 8.51. The Morgan fingerprint density at radius 1 is 1.16 bits per heavy atom. The van der Waals surface area contributed by atoms with Crippen LogP contribution in [-0.4, -0.2) is 43.2 Å². The third-order valence-corrected chi connectivity index (χ3v) is 9.96. The van der Waals surface area contributed by atoms with Crippen LogP contribution in [0.4, 0.5) is 0 Å². The molecule has 0 saturated carbocycles. The second-order valence-electron chi connectivity index (χ2n) is 8.58. The fourth-order valence-corrected chi connectivity index (χ4v) is 7.48. The summed E-state index contributed by atoms with van der Waals surface area (Å²) in [7, 11) is -3.26. The molecule has 180 valence electrons. The number of thiophene rings is 1. The molecule has 32 heavy (non-hydrogen) atoms. The minimum absolute atomic E-state index is 0. The van der Waals surface area contributed by atoms with Crippen LogP contribution in [0.2, 0.25) is 0 Å². The van der Waals surface area contributed by atoms with Crippen LogP contribution < -0.4 is 5.56 Å². The average molecular weight is 501 g/mol. The Bertz CT molecular complexity index is 1030. The standard InChI is InChI=1S/C24H36N2O3S2.ClH/c1-4-19-17-21(18(3)25-24(19)27)22-13-14-23(30-22)31(28,29)16-9-7-6-8-11-20-12-10-15-26(20)5-2;/h13-14,17,20H,4-12,15-16H2,1-3H3,(H,25,27);1H. The van der Waals surface area contributed by atoms with Crippen molar-refractivity contribution in [3.05, 3.63) is 39.8 Å². The van der Waals surface area contributed by atoms with E-state index in [4.69, 9.17) is 0 Å². The number of likely N-dealkylation sites (tertiary alicyclic amines) is 1. The predicted molar refractivity (Wildman–Crippen MR) is 137 cm³/mol. The quantitative estimate of drug-likeness (QED) is 0.407. The summed E-state index contributed by atoms with van der Waals surface area (Å²) in [6, 6.07) is 6.20. The van der Waals surface area contributed by atoms with E-state index in [1.165, 1.54) is 43.6 Å². The number of aromatic nitrogens is 1. The Balaban J connectivity index is 0.00000363. The van der Waals surface area contributed by atoms with Gasteiger partial charge in [-0.2, -0.15) is 0 Å². The highest BCUT2D eigenvalue weighted by atomic mass is 35.5. The van der Waals surface area contributed by atoms with Gasteiger partial charge in [0.05, 0.1) is 5.75 Å². The van der Waals surface area contributed by atoms with Crippen molar-refractivity contribution in [2.45, 2.75) is 82.4 Å². The molecule has 2 aromatic rings. The number of nitrogens with zero attached hydrogens (tertiary/aromatic N) is 1. The number of aryl methyl sites for hydroxylation is 2. The molecule has 0 aromatic carbocycles. The molecule has 1 saturated heterocycles. The van der Waals surface area contributed by atoms with Crippen molar-refractivity contribution in [3.63, 3.8) is 0 Å². The molecule has 1 atom stereocenters. The average Bonchev–Trinajstić information content (AvgIpc) is 3.40. The molecule has 5 nitrogen and oxygen atoms in total. The lowest BCUT2D eigenvalue weighted by molar-refractivity contribution is 0.250. The third-order valence-electron chi connectivity index (χ3n) is 6.46. The maximum absolute atomic E-state index is 12.8. The van der Waals surface area contributed by atoms with Crippen molar-refractivity contribution in [1.29, 1.82) is 0 Å². The van der Waals surface area contributed by atoms with Gasteiger partial charge in [0.15, 0.2) is 9.84 Å². The first kappa shape index (κ1) is 27.1. The van der Waals surface area contributed by atoms with Gasteiger partial charge in [-0.05, 0) is 70.3 Å². The number of halogens is 1. The summed E-state index contributed by atoms with van der Waals surface area (Å²) in [5.41, 5.74) is 2.34. The largest absolute Gasteiger partial charge is 0.326 e. The van der Waals surface area contributed by atoms with Gasteiger partial charge in [0.25, 0.3) is 5.56 Å². The topological polar surface area (TPSA) is 70.2 Å². The lowest BCUT2D eigenvalue weighted by Gasteiger charge is -2.22. The monoisotopic (exact) mass is 500 g/mol. The van der Waals surface area contributed by atoms with Gasteiger partial charge in [0, 0.05) is 27.7 Å². The van der Waals surface area contributed by atoms with E-state index in [0.717, 1.165) is 53.5 Å². The van der Waals surface area contributed by atoms with E-state index in [-0.39, 0.29) is 23.7 Å². The summed E-state index contributed by atoms with van der Waals surface area (Å²) in [6.45, 7) is 8.42. The Morgan fingerprint density at radius 3 is 2.62 bits per heavy atom. The fraction of sp³-hybridized carbons (Fsp3) is 0.625. The molecule has 8 heteroatoms. The van der Waals surface area contributed by atoms with Gasteiger partial charge < -0.3 is 9.88 Å². The number of unbranched alkanes of at least 4 members (excludes halogenated alkanes) is 3. The van der Waals surface area contributed by atoms with Gasteiger partial charge in [-0.25, -0.2) is 8.42 Å². The summed E-state index contributed by atoms with van der Waals surface area (Å²) in [5, 5.41) is 0. The highest BCUT2D eigenvalue weighted by Gasteiger charge is 2.22. The lowest BCUT2D eigenvalue weighted by Crippen LogP contribution is -2.28. The minimum atomic E-state index is -3.26. The first-order valence-corrected chi connectivity index (χ1v) is 14.1. The van der Waals surface area contributed by atoms with Gasteiger partial charge >= 0.3 is 0 Å². The molecule has 2 aromatic heterocycles. The molecule has 1 aliphatic rings. The van der Waals surface area contributed by atoms with Crippen LogP contribution in [0.5, 0.6) is 0 Å². The number of nitrogens with one attached hydrogen (secondary N) is 1. The smallest absolute Gasteiger partial charge is 0.251 e. The van der Waals surface area contributed by atoms with Crippen LogP contribution in [-0.2, 0) is 16.3 Å². The molecule has 0 spiro atoms. The number of hydrogen-bond acceptors (Lipinski definition) is 5.